The predicted molar refractivity (Wildman–Crippen MR) is 62.1 cm³/mol. The van der Waals surface area contributed by atoms with E-state index in [4.69, 9.17) is 10.5 Å². The van der Waals surface area contributed by atoms with Gasteiger partial charge >= 0.3 is 0 Å². The van der Waals surface area contributed by atoms with Gasteiger partial charge in [-0.3, -0.25) is 0 Å². The summed E-state index contributed by atoms with van der Waals surface area (Å²) in [5.41, 5.74) is 1.21. The van der Waals surface area contributed by atoms with E-state index in [0.717, 1.165) is 6.54 Å². The summed E-state index contributed by atoms with van der Waals surface area (Å²) in [6.45, 7) is 1.42. The van der Waals surface area contributed by atoms with Gasteiger partial charge in [0.25, 0.3) is 0 Å². The van der Waals surface area contributed by atoms with Gasteiger partial charge in [0.2, 0.25) is 0 Å². The molecule has 0 heterocycles. The van der Waals surface area contributed by atoms with Gasteiger partial charge in [0.15, 0.2) is 0 Å². The molecule has 1 rings (SSSR count). The zero-order valence-corrected chi connectivity index (χ0v) is 9.19. The Morgan fingerprint density at radius 3 is 2.56 bits per heavy atom. The summed E-state index contributed by atoms with van der Waals surface area (Å²) in [6, 6.07) is 14.3. The first-order valence-corrected chi connectivity index (χ1v) is 5.38. The molecule has 1 aromatic carbocycles. The third-order valence-electron chi connectivity index (χ3n) is 2.35. The molecule has 1 atom stereocenters. The lowest BCUT2D eigenvalue weighted by Gasteiger charge is -2.08. The number of hydrogen-bond donors (Lipinski definition) is 1. The number of nitriles is 2. The molecule has 0 saturated carbocycles. The molecule has 0 bridgehead atoms. The van der Waals surface area contributed by atoms with Crippen molar-refractivity contribution in [2.45, 2.75) is 19.4 Å². The van der Waals surface area contributed by atoms with Crippen LogP contribution in [0.15, 0.2) is 30.3 Å². The number of nitrogens with one attached hydrogen (secondary N) is 1. The van der Waals surface area contributed by atoms with Crippen molar-refractivity contribution in [3.05, 3.63) is 35.9 Å². The Labute approximate surface area is 96.3 Å². The van der Waals surface area contributed by atoms with Crippen LogP contribution in [0.3, 0.4) is 0 Å². The maximum atomic E-state index is 8.85. The standard InChI is InChI=1S/C13H15N3/c14-8-4-7-13(9-15)11-16-10-12-5-2-1-3-6-12/h1-3,5-6,13,16H,4,7,10-11H2. The molecule has 1 N–H and O–H groups in total. The fraction of sp³-hybridized carbons (Fsp3) is 0.385. The molecular formula is C13H15N3. The van der Waals surface area contributed by atoms with E-state index in [2.05, 4.69) is 17.5 Å². The summed E-state index contributed by atoms with van der Waals surface area (Å²) in [5, 5.41) is 20.5. The highest BCUT2D eigenvalue weighted by Gasteiger charge is 2.05. The molecule has 0 aromatic heterocycles. The van der Waals surface area contributed by atoms with Crippen LogP contribution in [0, 0.1) is 28.6 Å². The zero-order chi connectivity index (χ0) is 11.6. The molecular weight excluding hydrogens is 198 g/mol. The normalized spacial score (nSPS) is 11.4. The number of hydrogen-bond acceptors (Lipinski definition) is 3. The summed E-state index contributed by atoms with van der Waals surface area (Å²) >= 11 is 0. The van der Waals surface area contributed by atoms with Gasteiger partial charge in [-0.15, -0.1) is 0 Å². The molecule has 0 spiro atoms. The monoisotopic (exact) mass is 213 g/mol. The summed E-state index contributed by atoms with van der Waals surface area (Å²) < 4.78 is 0. The predicted octanol–water partition coefficient (Wildman–Crippen LogP) is 2.22. The molecule has 1 unspecified atom stereocenters. The Balaban J connectivity index is 2.24. The zero-order valence-electron chi connectivity index (χ0n) is 9.19. The average Bonchev–Trinajstić information content (AvgIpc) is 2.35. The summed E-state index contributed by atoms with van der Waals surface area (Å²) in [7, 11) is 0. The second-order valence-electron chi connectivity index (χ2n) is 3.64. The Bertz CT molecular complexity index is 372. The Kier molecular flexibility index (Phi) is 5.70. The summed E-state index contributed by atoms with van der Waals surface area (Å²) in [5.74, 6) is -0.0663. The third-order valence-corrected chi connectivity index (χ3v) is 2.35. The van der Waals surface area contributed by atoms with Crippen LogP contribution in [0.2, 0.25) is 0 Å². The molecule has 3 heteroatoms. The highest BCUT2D eigenvalue weighted by Crippen LogP contribution is 2.04. The van der Waals surface area contributed by atoms with E-state index < -0.39 is 0 Å². The van der Waals surface area contributed by atoms with E-state index in [1.54, 1.807) is 0 Å². The van der Waals surface area contributed by atoms with E-state index in [9.17, 15) is 0 Å². The fourth-order valence-electron chi connectivity index (χ4n) is 1.44. The molecule has 0 saturated heterocycles. The van der Waals surface area contributed by atoms with Crippen LogP contribution in [0.4, 0.5) is 0 Å². The van der Waals surface area contributed by atoms with Crippen LogP contribution in [-0.2, 0) is 6.54 Å². The second kappa shape index (κ2) is 7.45. The van der Waals surface area contributed by atoms with Crippen molar-refractivity contribution >= 4 is 0 Å². The molecule has 82 valence electrons. The molecule has 3 nitrogen and oxygen atoms in total. The Hall–Kier alpha value is -1.84. The largest absolute Gasteiger partial charge is 0.311 e. The maximum Gasteiger partial charge on any atom is 0.0669 e. The topological polar surface area (TPSA) is 59.6 Å². The van der Waals surface area contributed by atoms with Gasteiger partial charge < -0.3 is 5.32 Å². The minimum atomic E-state index is -0.0663. The van der Waals surface area contributed by atoms with Crippen LogP contribution < -0.4 is 5.32 Å². The molecule has 0 fully saturated rings. The minimum Gasteiger partial charge on any atom is -0.311 e. The van der Waals surface area contributed by atoms with Crippen molar-refractivity contribution in [3.63, 3.8) is 0 Å². The molecule has 0 radical (unpaired) electrons. The molecule has 0 aliphatic carbocycles. The Morgan fingerprint density at radius 2 is 1.94 bits per heavy atom. The SMILES string of the molecule is N#CCCC(C#N)CNCc1ccccc1. The number of benzene rings is 1. The first-order chi connectivity index (χ1) is 7.86. The quantitative estimate of drug-likeness (QED) is 0.788. The third kappa shape index (κ3) is 4.59. The van der Waals surface area contributed by atoms with E-state index in [-0.39, 0.29) is 5.92 Å². The van der Waals surface area contributed by atoms with Gasteiger partial charge in [-0.05, 0) is 12.0 Å². The van der Waals surface area contributed by atoms with Crippen molar-refractivity contribution in [1.82, 2.24) is 5.32 Å². The van der Waals surface area contributed by atoms with Crippen LogP contribution >= 0.6 is 0 Å². The van der Waals surface area contributed by atoms with E-state index in [1.165, 1.54) is 5.56 Å². The molecule has 0 aliphatic heterocycles. The molecule has 0 amide bonds. The van der Waals surface area contributed by atoms with Crippen LogP contribution in [-0.4, -0.2) is 6.54 Å². The lowest BCUT2D eigenvalue weighted by molar-refractivity contribution is 0.539. The van der Waals surface area contributed by atoms with E-state index in [1.807, 2.05) is 30.3 Å². The van der Waals surface area contributed by atoms with Crippen molar-refractivity contribution in [3.8, 4) is 12.1 Å². The van der Waals surface area contributed by atoms with Gasteiger partial charge in [0.05, 0.1) is 18.1 Å². The van der Waals surface area contributed by atoms with Gasteiger partial charge in [0.1, 0.15) is 0 Å². The summed E-state index contributed by atoms with van der Waals surface area (Å²) in [4.78, 5) is 0. The lowest BCUT2D eigenvalue weighted by atomic mass is 10.1. The smallest absolute Gasteiger partial charge is 0.0669 e. The minimum absolute atomic E-state index is 0.0663. The lowest BCUT2D eigenvalue weighted by Crippen LogP contribution is -2.21. The van der Waals surface area contributed by atoms with Crippen molar-refractivity contribution in [2.75, 3.05) is 6.54 Å². The molecule has 16 heavy (non-hydrogen) atoms. The van der Waals surface area contributed by atoms with Crippen LogP contribution in [0.25, 0.3) is 0 Å². The van der Waals surface area contributed by atoms with E-state index in [0.29, 0.717) is 19.4 Å². The number of nitrogens with zero attached hydrogens (tertiary/aromatic N) is 2. The maximum absolute atomic E-state index is 8.85. The fourth-order valence-corrected chi connectivity index (χ4v) is 1.44. The molecule has 1 aromatic rings. The van der Waals surface area contributed by atoms with Crippen molar-refractivity contribution in [1.29, 1.82) is 10.5 Å². The Morgan fingerprint density at radius 1 is 1.19 bits per heavy atom. The van der Waals surface area contributed by atoms with Gasteiger partial charge in [-0.2, -0.15) is 10.5 Å². The van der Waals surface area contributed by atoms with Crippen LogP contribution in [0.1, 0.15) is 18.4 Å². The van der Waals surface area contributed by atoms with E-state index >= 15 is 0 Å². The average molecular weight is 213 g/mol. The first kappa shape index (κ1) is 12.2. The highest BCUT2D eigenvalue weighted by atomic mass is 14.9. The molecule has 0 aliphatic rings. The first-order valence-electron chi connectivity index (χ1n) is 5.38. The van der Waals surface area contributed by atoms with Gasteiger partial charge in [0, 0.05) is 19.5 Å². The highest BCUT2D eigenvalue weighted by molar-refractivity contribution is 5.14. The van der Waals surface area contributed by atoms with Crippen molar-refractivity contribution < 1.29 is 0 Å². The summed E-state index contributed by atoms with van der Waals surface area (Å²) in [6.07, 6.45) is 1.10. The van der Waals surface area contributed by atoms with Crippen LogP contribution in [0.5, 0.6) is 0 Å². The second-order valence-corrected chi connectivity index (χ2v) is 3.64. The number of rotatable bonds is 6. The van der Waals surface area contributed by atoms with Gasteiger partial charge in [-0.25, -0.2) is 0 Å². The van der Waals surface area contributed by atoms with Gasteiger partial charge in [-0.1, -0.05) is 30.3 Å². The van der Waals surface area contributed by atoms with Crippen molar-refractivity contribution in [2.24, 2.45) is 5.92 Å².